The molecule has 3 aromatic heterocycles. The van der Waals surface area contributed by atoms with Crippen LogP contribution in [0.3, 0.4) is 0 Å². The molecule has 5 heteroatoms. The maximum atomic E-state index is 6.37. The number of pyridine rings is 2. The van der Waals surface area contributed by atoms with Crippen LogP contribution in [0.4, 0.5) is 0 Å². The molecule has 1 radical (unpaired) electrons. The van der Waals surface area contributed by atoms with E-state index in [2.05, 4.69) is 122 Å². The first-order valence-electron chi connectivity index (χ1n) is 16.0. The summed E-state index contributed by atoms with van der Waals surface area (Å²) < 4.78 is 6.37. The first-order valence-corrected chi connectivity index (χ1v) is 19.5. The summed E-state index contributed by atoms with van der Waals surface area (Å²) in [6, 6.07) is 43.7. The van der Waals surface area contributed by atoms with Crippen LogP contribution >= 0.6 is 0 Å². The van der Waals surface area contributed by atoms with Gasteiger partial charge >= 0.3 is 0 Å². The fraction of sp³-hybridized carbons (Fsp3) is 0.190. The standard InChI is InChI=1S/C24H16NO.C18H24NSi.Ir/c1-2-8-17(9-3-1)16-18-10-6-11-19-20-12-7-13-21(24(20)26-23(18)19)22-14-4-5-15-25-22;1-14(2)11-16-12-17(15-9-7-6-8-10-15)19-13-18(16)20(3,4)5;/h1-12,14-15H,16H2;6-9,12-14H,11H2,1-5H3;/q2*-1;. The van der Waals surface area contributed by atoms with Crippen LogP contribution in [-0.4, -0.2) is 18.0 Å². The molecule has 0 spiro atoms. The Labute approximate surface area is 293 Å². The van der Waals surface area contributed by atoms with Crippen molar-refractivity contribution in [2.24, 2.45) is 5.92 Å². The van der Waals surface area contributed by atoms with Crippen molar-refractivity contribution in [3.8, 4) is 22.5 Å². The third kappa shape index (κ3) is 8.05. The molecule has 0 aliphatic carbocycles. The van der Waals surface area contributed by atoms with Crippen LogP contribution in [0.2, 0.25) is 19.6 Å². The fourth-order valence-corrected chi connectivity index (χ4v) is 7.55. The molecule has 0 saturated heterocycles. The minimum absolute atomic E-state index is 0. The van der Waals surface area contributed by atoms with Crippen LogP contribution in [-0.2, 0) is 32.9 Å². The zero-order chi connectivity index (χ0) is 32.1. The molecule has 0 amide bonds. The Morgan fingerprint density at radius 3 is 2.17 bits per heavy atom. The number of benzene rings is 4. The van der Waals surface area contributed by atoms with E-state index in [4.69, 9.17) is 4.42 Å². The van der Waals surface area contributed by atoms with Crippen molar-refractivity contribution in [3.05, 3.63) is 150 Å². The van der Waals surface area contributed by atoms with Gasteiger partial charge < -0.3 is 14.4 Å². The van der Waals surface area contributed by atoms with E-state index < -0.39 is 8.07 Å². The molecule has 7 aromatic rings. The second-order valence-electron chi connectivity index (χ2n) is 13.2. The average molecular weight is 809 g/mol. The van der Waals surface area contributed by atoms with Gasteiger partial charge in [-0.3, -0.25) is 0 Å². The molecule has 0 N–H and O–H groups in total. The van der Waals surface area contributed by atoms with Crippen molar-refractivity contribution in [2.45, 2.75) is 46.3 Å². The van der Waals surface area contributed by atoms with Crippen molar-refractivity contribution in [2.75, 3.05) is 0 Å². The molecule has 3 heterocycles. The zero-order valence-electron chi connectivity index (χ0n) is 27.7. The monoisotopic (exact) mass is 809 g/mol. The second-order valence-corrected chi connectivity index (χ2v) is 18.3. The number of nitrogens with zero attached hydrogens (tertiary/aromatic N) is 2. The van der Waals surface area contributed by atoms with Gasteiger partial charge in [0.05, 0.1) is 13.7 Å². The van der Waals surface area contributed by atoms with Crippen LogP contribution in [0.5, 0.6) is 0 Å². The maximum Gasteiger partial charge on any atom is 0.124 e. The molecule has 0 unspecified atom stereocenters. The van der Waals surface area contributed by atoms with Gasteiger partial charge in [0.15, 0.2) is 0 Å². The molecule has 0 aliphatic rings. The molecule has 47 heavy (non-hydrogen) atoms. The van der Waals surface area contributed by atoms with Gasteiger partial charge in [-0.25, -0.2) is 0 Å². The predicted octanol–water partition coefficient (Wildman–Crippen LogP) is 10.3. The van der Waals surface area contributed by atoms with Crippen molar-refractivity contribution in [1.29, 1.82) is 0 Å². The summed E-state index contributed by atoms with van der Waals surface area (Å²) in [6.07, 6.45) is 5.88. The SMILES string of the molecule is CC(C)Cc1cc(-c2[c-]cccc2)ncc1[Si](C)(C)C.[Ir].[c-]1ccc2c(oc3c(Cc4ccccc4)cccc32)c1-c1ccccn1. The molecule has 0 aliphatic heterocycles. The number of rotatable bonds is 7. The number of furan rings is 1. The summed E-state index contributed by atoms with van der Waals surface area (Å²) in [5, 5.41) is 3.74. The van der Waals surface area contributed by atoms with Crippen LogP contribution in [0.15, 0.2) is 126 Å². The number of hydrogen-bond donors (Lipinski definition) is 0. The molecule has 239 valence electrons. The first-order chi connectivity index (χ1) is 22.3. The van der Waals surface area contributed by atoms with Gasteiger partial charge in [-0.15, -0.1) is 54.1 Å². The topological polar surface area (TPSA) is 38.9 Å². The van der Waals surface area contributed by atoms with Crippen molar-refractivity contribution in [3.63, 3.8) is 0 Å². The van der Waals surface area contributed by atoms with E-state index in [1.807, 2.05) is 48.5 Å². The van der Waals surface area contributed by atoms with Gasteiger partial charge in [0.2, 0.25) is 0 Å². The first kappa shape index (κ1) is 34.2. The summed E-state index contributed by atoms with van der Waals surface area (Å²) in [4.78, 5) is 9.16. The zero-order valence-corrected chi connectivity index (χ0v) is 31.1. The molecule has 0 bridgehead atoms. The Morgan fingerprint density at radius 2 is 1.47 bits per heavy atom. The number of hydrogen-bond acceptors (Lipinski definition) is 3. The largest absolute Gasteiger partial charge is 0.500 e. The summed E-state index contributed by atoms with van der Waals surface area (Å²) in [6.45, 7) is 11.7. The number of aromatic nitrogens is 2. The Hall–Kier alpha value is -4.15. The molecular formula is C42H40IrN2OSi-2. The van der Waals surface area contributed by atoms with Gasteiger partial charge in [0.25, 0.3) is 0 Å². The van der Waals surface area contributed by atoms with E-state index in [0.29, 0.717) is 5.92 Å². The fourth-order valence-electron chi connectivity index (χ4n) is 5.96. The average Bonchev–Trinajstić information content (AvgIpc) is 3.46. The summed E-state index contributed by atoms with van der Waals surface area (Å²) in [5.41, 5.74) is 9.65. The van der Waals surface area contributed by atoms with Crippen molar-refractivity contribution < 1.29 is 24.5 Å². The van der Waals surface area contributed by atoms with Crippen LogP contribution in [0, 0.1) is 18.1 Å². The van der Waals surface area contributed by atoms with E-state index in [1.54, 1.807) is 6.20 Å². The Bertz CT molecular complexity index is 2050. The van der Waals surface area contributed by atoms with Crippen LogP contribution < -0.4 is 5.19 Å². The molecule has 0 saturated carbocycles. The van der Waals surface area contributed by atoms with E-state index in [9.17, 15) is 0 Å². The molecule has 7 rings (SSSR count). The normalized spacial score (nSPS) is 11.3. The summed E-state index contributed by atoms with van der Waals surface area (Å²) in [5.74, 6) is 0.667. The van der Waals surface area contributed by atoms with Gasteiger partial charge in [-0.05, 0) is 46.1 Å². The molecule has 3 nitrogen and oxygen atoms in total. The van der Waals surface area contributed by atoms with Gasteiger partial charge in [-0.1, -0.05) is 117 Å². The van der Waals surface area contributed by atoms with Gasteiger partial charge in [0, 0.05) is 44.3 Å². The molecule has 4 aromatic carbocycles. The summed E-state index contributed by atoms with van der Waals surface area (Å²) in [7, 11) is -1.34. The van der Waals surface area contributed by atoms with E-state index >= 15 is 0 Å². The third-order valence-electron chi connectivity index (χ3n) is 8.11. The second kappa shape index (κ2) is 15.2. The van der Waals surface area contributed by atoms with Crippen molar-refractivity contribution in [1.82, 2.24) is 9.97 Å². The van der Waals surface area contributed by atoms with Gasteiger partial charge in [-0.2, -0.15) is 0 Å². The molecule has 0 fully saturated rings. The number of para-hydroxylation sites is 1. The summed E-state index contributed by atoms with van der Waals surface area (Å²) >= 11 is 0. The smallest absolute Gasteiger partial charge is 0.124 e. The Morgan fingerprint density at radius 1 is 0.702 bits per heavy atom. The third-order valence-corrected chi connectivity index (χ3v) is 10.2. The Balaban J connectivity index is 0.000000188. The maximum absolute atomic E-state index is 6.37. The number of fused-ring (bicyclic) bond motifs is 3. The van der Waals surface area contributed by atoms with E-state index in [-0.39, 0.29) is 20.1 Å². The van der Waals surface area contributed by atoms with Crippen molar-refractivity contribution >= 4 is 35.2 Å². The quantitative estimate of drug-likeness (QED) is 0.119. The van der Waals surface area contributed by atoms with Gasteiger partial charge in [0.1, 0.15) is 5.58 Å². The minimum atomic E-state index is -1.34. The van der Waals surface area contributed by atoms with Crippen LogP contribution in [0.1, 0.15) is 30.5 Å². The van der Waals surface area contributed by atoms with E-state index in [1.165, 1.54) is 21.9 Å². The molecular weight excluding hydrogens is 769 g/mol. The van der Waals surface area contributed by atoms with E-state index in [0.717, 1.165) is 57.3 Å². The van der Waals surface area contributed by atoms with Crippen LogP contribution in [0.25, 0.3) is 44.5 Å². The molecule has 0 atom stereocenters. The minimum Gasteiger partial charge on any atom is -0.500 e. The predicted molar refractivity (Wildman–Crippen MR) is 195 cm³/mol. The Kier molecular flexibility index (Phi) is 11.0.